The van der Waals surface area contributed by atoms with Crippen LogP contribution in [-0.2, 0) is 16.6 Å². The van der Waals surface area contributed by atoms with Gasteiger partial charge in [-0.2, -0.15) is 0 Å². The first kappa shape index (κ1) is 15.5. The predicted molar refractivity (Wildman–Crippen MR) is 73.7 cm³/mol. The average molecular weight is 331 g/mol. The summed E-state index contributed by atoms with van der Waals surface area (Å²) in [6.07, 6.45) is 1.47. The highest BCUT2D eigenvalue weighted by Gasteiger charge is 2.19. The molecule has 0 saturated carbocycles. The third-order valence-corrected chi connectivity index (χ3v) is 4.29. The number of oxazole rings is 1. The van der Waals surface area contributed by atoms with Crippen LogP contribution >= 0.6 is 11.6 Å². The predicted octanol–water partition coefficient (Wildman–Crippen LogP) is 1.81. The zero-order chi connectivity index (χ0) is 15.6. The van der Waals surface area contributed by atoms with E-state index in [1.807, 2.05) is 0 Å². The number of nitrogens with zero attached hydrogens (tertiary/aromatic N) is 1. The van der Waals surface area contributed by atoms with Crippen LogP contribution in [0.25, 0.3) is 0 Å². The minimum absolute atomic E-state index is 0.0372. The molecule has 0 fully saturated rings. The molecule has 112 valence electrons. The van der Waals surface area contributed by atoms with E-state index in [2.05, 4.69) is 9.71 Å². The molecule has 0 spiro atoms. The largest absolute Gasteiger partial charge is 0.478 e. The standard InChI is InChI=1S/C12H11ClN2O5S/c1-7-5-14-11(20-7)6-15-21(18,19)8-2-3-10(13)9(4-8)12(16)17/h2-5,15H,6H2,1H3,(H,16,17). The number of aromatic nitrogens is 1. The van der Waals surface area contributed by atoms with E-state index in [4.69, 9.17) is 21.1 Å². The van der Waals surface area contributed by atoms with Crippen LogP contribution in [0.3, 0.4) is 0 Å². The summed E-state index contributed by atoms with van der Waals surface area (Å²) in [4.78, 5) is 14.6. The zero-order valence-corrected chi connectivity index (χ0v) is 12.4. The Balaban J connectivity index is 2.23. The molecule has 0 aliphatic heterocycles. The summed E-state index contributed by atoms with van der Waals surface area (Å²) < 4.78 is 31.6. The number of carboxylic acid groups (broad SMARTS) is 1. The summed E-state index contributed by atoms with van der Waals surface area (Å²) in [7, 11) is -3.89. The van der Waals surface area contributed by atoms with Crippen LogP contribution in [0.5, 0.6) is 0 Å². The van der Waals surface area contributed by atoms with Gasteiger partial charge in [-0.3, -0.25) is 0 Å². The number of carbonyl (C=O) groups is 1. The molecule has 1 heterocycles. The fourth-order valence-electron chi connectivity index (χ4n) is 1.56. The molecule has 2 N–H and O–H groups in total. The molecule has 0 amide bonds. The number of sulfonamides is 1. The monoisotopic (exact) mass is 330 g/mol. The molecular weight excluding hydrogens is 320 g/mol. The molecule has 0 saturated heterocycles. The van der Waals surface area contributed by atoms with E-state index in [1.54, 1.807) is 6.92 Å². The molecule has 0 aliphatic rings. The summed E-state index contributed by atoms with van der Waals surface area (Å²) >= 11 is 5.70. The van der Waals surface area contributed by atoms with Gasteiger partial charge in [0.15, 0.2) is 0 Å². The van der Waals surface area contributed by atoms with Crippen molar-refractivity contribution >= 4 is 27.6 Å². The second-order valence-electron chi connectivity index (χ2n) is 4.14. The van der Waals surface area contributed by atoms with Gasteiger partial charge < -0.3 is 9.52 Å². The molecule has 1 aromatic heterocycles. The van der Waals surface area contributed by atoms with E-state index in [0.717, 1.165) is 6.07 Å². The van der Waals surface area contributed by atoms with Crippen LogP contribution in [0.15, 0.2) is 33.7 Å². The topological polar surface area (TPSA) is 110 Å². The van der Waals surface area contributed by atoms with Crippen molar-refractivity contribution in [3.05, 3.63) is 46.6 Å². The van der Waals surface area contributed by atoms with Gasteiger partial charge in [0.2, 0.25) is 15.9 Å². The van der Waals surface area contributed by atoms with Crippen LogP contribution in [0.4, 0.5) is 0 Å². The number of hydrogen-bond acceptors (Lipinski definition) is 5. The van der Waals surface area contributed by atoms with E-state index in [9.17, 15) is 13.2 Å². The number of rotatable bonds is 5. The zero-order valence-electron chi connectivity index (χ0n) is 10.8. The lowest BCUT2D eigenvalue weighted by atomic mass is 10.2. The second kappa shape index (κ2) is 5.84. The Morgan fingerprint density at radius 2 is 2.19 bits per heavy atom. The Kier molecular flexibility index (Phi) is 4.31. The summed E-state index contributed by atoms with van der Waals surface area (Å²) in [6, 6.07) is 3.43. The highest BCUT2D eigenvalue weighted by Crippen LogP contribution is 2.20. The fourth-order valence-corrected chi connectivity index (χ4v) is 2.76. The maximum atomic E-state index is 12.1. The molecule has 9 heteroatoms. The maximum Gasteiger partial charge on any atom is 0.337 e. The van der Waals surface area contributed by atoms with Crippen molar-refractivity contribution in [2.45, 2.75) is 18.4 Å². The number of aromatic carboxylic acids is 1. The van der Waals surface area contributed by atoms with Gasteiger partial charge in [-0.15, -0.1) is 0 Å². The van der Waals surface area contributed by atoms with Crippen molar-refractivity contribution in [3.8, 4) is 0 Å². The molecule has 0 aliphatic carbocycles. The first-order chi connectivity index (χ1) is 9.79. The Morgan fingerprint density at radius 3 is 2.76 bits per heavy atom. The molecule has 0 atom stereocenters. The number of aryl methyl sites for hydroxylation is 1. The van der Waals surface area contributed by atoms with Gasteiger partial charge in [0.05, 0.1) is 28.2 Å². The highest BCUT2D eigenvalue weighted by atomic mass is 35.5. The number of carboxylic acids is 1. The quantitative estimate of drug-likeness (QED) is 0.865. The van der Waals surface area contributed by atoms with Gasteiger partial charge in [0.25, 0.3) is 0 Å². The lowest BCUT2D eigenvalue weighted by Gasteiger charge is -2.07. The van der Waals surface area contributed by atoms with E-state index in [1.165, 1.54) is 18.3 Å². The van der Waals surface area contributed by atoms with Crippen LogP contribution in [-0.4, -0.2) is 24.5 Å². The van der Waals surface area contributed by atoms with Crippen molar-refractivity contribution < 1.29 is 22.7 Å². The summed E-state index contributed by atoms with van der Waals surface area (Å²) in [6.45, 7) is 1.55. The van der Waals surface area contributed by atoms with Crippen LogP contribution in [0, 0.1) is 6.92 Å². The van der Waals surface area contributed by atoms with Crippen molar-refractivity contribution in [2.24, 2.45) is 0 Å². The van der Waals surface area contributed by atoms with Crippen molar-refractivity contribution in [1.82, 2.24) is 9.71 Å². The van der Waals surface area contributed by atoms with E-state index in [0.29, 0.717) is 5.76 Å². The molecule has 0 bridgehead atoms. The minimum atomic E-state index is -3.89. The Labute approximate surface area is 125 Å². The van der Waals surface area contributed by atoms with Crippen LogP contribution in [0.2, 0.25) is 5.02 Å². The molecule has 1 aromatic carbocycles. The van der Waals surface area contributed by atoms with E-state index < -0.39 is 16.0 Å². The normalized spacial score (nSPS) is 11.5. The van der Waals surface area contributed by atoms with E-state index in [-0.39, 0.29) is 27.9 Å². The molecule has 21 heavy (non-hydrogen) atoms. The first-order valence-corrected chi connectivity index (χ1v) is 7.59. The number of halogens is 1. The molecule has 2 aromatic rings. The maximum absolute atomic E-state index is 12.1. The Bertz CT molecular complexity index is 785. The molecule has 2 rings (SSSR count). The summed E-state index contributed by atoms with van der Waals surface area (Å²) in [5, 5.41) is 8.90. The van der Waals surface area contributed by atoms with Crippen LogP contribution in [0.1, 0.15) is 22.0 Å². The van der Waals surface area contributed by atoms with Gasteiger partial charge in [0, 0.05) is 0 Å². The molecular formula is C12H11ClN2O5S. The highest BCUT2D eigenvalue weighted by molar-refractivity contribution is 7.89. The van der Waals surface area contributed by atoms with Crippen molar-refractivity contribution in [1.29, 1.82) is 0 Å². The minimum Gasteiger partial charge on any atom is -0.478 e. The fraction of sp³-hybridized carbons (Fsp3) is 0.167. The lowest BCUT2D eigenvalue weighted by Crippen LogP contribution is -2.23. The third-order valence-electron chi connectivity index (χ3n) is 2.56. The number of benzene rings is 1. The van der Waals surface area contributed by atoms with Crippen molar-refractivity contribution in [2.75, 3.05) is 0 Å². The van der Waals surface area contributed by atoms with Gasteiger partial charge in [0.1, 0.15) is 5.76 Å². The lowest BCUT2D eigenvalue weighted by molar-refractivity contribution is 0.0697. The van der Waals surface area contributed by atoms with Gasteiger partial charge in [-0.25, -0.2) is 22.9 Å². The van der Waals surface area contributed by atoms with Gasteiger partial charge in [-0.05, 0) is 25.1 Å². The average Bonchev–Trinajstić information content (AvgIpc) is 2.82. The van der Waals surface area contributed by atoms with Crippen molar-refractivity contribution in [3.63, 3.8) is 0 Å². The molecule has 0 radical (unpaired) electrons. The Hall–Kier alpha value is -1.90. The first-order valence-electron chi connectivity index (χ1n) is 5.73. The summed E-state index contributed by atoms with van der Waals surface area (Å²) in [5.74, 6) is -0.535. The third kappa shape index (κ3) is 3.60. The van der Waals surface area contributed by atoms with Gasteiger partial charge >= 0.3 is 5.97 Å². The van der Waals surface area contributed by atoms with Crippen LogP contribution < -0.4 is 4.72 Å². The van der Waals surface area contributed by atoms with E-state index >= 15 is 0 Å². The Morgan fingerprint density at radius 1 is 1.48 bits per heavy atom. The summed E-state index contributed by atoms with van der Waals surface area (Å²) in [5.41, 5.74) is -0.286. The SMILES string of the molecule is Cc1cnc(CNS(=O)(=O)c2ccc(Cl)c(C(=O)O)c2)o1. The van der Waals surface area contributed by atoms with Gasteiger partial charge in [-0.1, -0.05) is 11.6 Å². The second-order valence-corrected chi connectivity index (χ2v) is 6.31. The smallest absolute Gasteiger partial charge is 0.337 e. The number of hydrogen-bond donors (Lipinski definition) is 2. The number of nitrogens with one attached hydrogen (secondary N) is 1. The molecule has 0 unspecified atom stereocenters. The molecule has 7 nitrogen and oxygen atoms in total.